The van der Waals surface area contributed by atoms with Crippen LogP contribution in [0, 0.1) is 0 Å². The monoisotopic (exact) mass is 454 g/mol. The number of sulfonamides is 1. The van der Waals surface area contributed by atoms with Crippen molar-refractivity contribution in [2.45, 2.75) is 77.2 Å². The quantitative estimate of drug-likeness (QED) is 0.510. The van der Waals surface area contributed by atoms with Crippen LogP contribution >= 0.6 is 0 Å². The minimum atomic E-state index is -3.67. The summed E-state index contributed by atoms with van der Waals surface area (Å²) in [6, 6.07) is 3.96. The Balaban J connectivity index is 2.64. The Hall–Kier alpha value is -2.17. The van der Waals surface area contributed by atoms with Crippen molar-refractivity contribution in [2.24, 2.45) is 16.5 Å². The molecule has 1 aliphatic rings. The highest BCUT2D eigenvalue weighted by atomic mass is 32.2. The third-order valence-electron chi connectivity index (χ3n) is 4.90. The van der Waals surface area contributed by atoms with Crippen molar-refractivity contribution < 1.29 is 22.7 Å². The number of nitrogens with two attached hydrogens (primary N) is 2. The third kappa shape index (κ3) is 6.18. The predicted molar refractivity (Wildman–Crippen MR) is 121 cm³/mol. The molecule has 0 aromatic heterocycles. The number of nitrogens with zero attached hydrogens (tertiary/aromatic N) is 1. The number of hydrogen-bond donors (Lipinski definition) is 3. The van der Waals surface area contributed by atoms with Crippen LogP contribution in [0.3, 0.4) is 0 Å². The van der Waals surface area contributed by atoms with Crippen LogP contribution in [-0.2, 0) is 25.1 Å². The first-order valence-corrected chi connectivity index (χ1v) is 12.2. The summed E-state index contributed by atoms with van der Waals surface area (Å²) in [5.74, 6) is 0.0544. The zero-order valence-electron chi connectivity index (χ0n) is 19.1. The molecule has 3 unspecified atom stereocenters. The molecule has 31 heavy (non-hydrogen) atoms. The molecule has 5 N–H and O–H groups in total. The smallest absolute Gasteiger partial charge is 0.332 e. The van der Waals surface area contributed by atoms with E-state index in [0.29, 0.717) is 35.7 Å². The van der Waals surface area contributed by atoms with Gasteiger partial charge in [-0.2, -0.15) is 0 Å². The normalized spacial score (nSPS) is 19.5. The molecule has 0 aliphatic carbocycles. The Kier molecular flexibility index (Phi) is 7.39. The molecule has 0 saturated heterocycles. The van der Waals surface area contributed by atoms with Gasteiger partial charge in [0.25, 0.3) is 0 Å². The fourth-order valence-electron chi connectivity index (χ4n) is 3.31. The van der Waals surface area contributed by atoms with Crippen molar-refractivity contribution in [3.05, 3.63) is 23.8 Å². The lowest BCUT2D eigenvalue weighted by molar-refractivity contribution is -0.163. The summed E-state index contributed by atoms with van der Waals surface area (Å²) >= 11 is 0. The van der Waals surface area contributed by atoms with Crippen LogP contribution in [0.25, 0.3) is 0 Å². The van der Waals surface area contributed by atoms with E-state index in [2.05, 4.69) is 9.71 Å². The van der Waals surface area contributed by atoms with Crippen LogP contribution in [0.5, 0.6) is 5.75 Å². The van der Waals surface area contributed by atoms with E-state index in [4.69, 9.17) is 20.9 Å². The van der Waals surface area contributed by atoms with E-state index < -0.39 is 33.2 Å². The van der Waals surface area contributed by atoms with E-state index in [1.54, 1.807) is 45.9 Å². The molecular weight excluding hydrogens is 420 g/mol. The fraction of sp³-hybridized carbons (Fsp3) is 0.619. The molecule has 0 radical (unpaired) electrons. The first-order valence-electron chi connectivity index (χ1n) is 10.3. The van der Waals surface area contributed by atoms with Gasteiger partial charge in [-0.15, -0.1) is 0 Å². The lowest BCUT2D eigenvalue weighted by Gasteiger charge is -2.38. The Morgan fingerprint density at radius 1 is 1.35 bits per heavy atom. The maximum Gasteiger partial charge on any atom is 0.332 e. The number of carbonyl (C=O) groups excluding carboxylic acids is 1. The van der Waals surface area contributed by atoms with Gasteiger partial charge < -0.3 is 20.9 Å². The molecule has 1 aromatic rings. The summed E-state index contributed by atoms with van der Waals surface area (Å²) in [4.78, 5) is 17.7. The van der Waals surface area contributed by atoms with Gasteiger partial charge in [0, 0.05) is 0 Å². The summed E-state index contributed by atoms with van der Waals surface area (Å²) in [6.07, 6.45) is 2.45. The van der Waals surface area contributed by atoms with Crippen LogP contribution in [-0.4, -0.2) is 44.2 Å². The minimum absolute atomic E-state index is 0.293. The SMILES string of the molecule is CCCCC(NS(C)(=O)=O)C(N)(C(=O)OC(C)(C)C)c1ccc2c(c1)N=C(N)C(C)O2. The van der Waals surface area contributed by atoms with E-state index in [0.717, 1.165) is 12.7 Å². The molecule has 0 fully saturated rings. The van der Waals surface area contributed by atoms with Crippen LogP contribution in [0.2, 0.25) is 0 Å². The average molecular weight is 455 g/mol. The molecule has 1 aliphatic heterocycles. The largest absolute Gasteiger partial charge is 0.481 e. The maximum absolute atomic E-state index is 13.4. The second-order valence-electron chi connectivity index (χ2n) is 8.93. The summed E-state index contributed by atoms with van der Waals surface area (Å²) in [5.41, 5.74) is 10.8. The van der Waals surface area contributed by atoms with E-state index in [9.17, 15) is 13.2 Å². The number of aliphatic imine (C=N–C) groups is 1. The highest BCUT2D eigenvalue weighted by Gasteiger charge is 2.48. The highest BCUT2D eigenvalue weighted by Crippen LogP contribution is 2.38. The molecule has 10 heteroatoms. The molecule has 2 rings (SSSR count). The molecular formula is C21H34N4O5S. The van der Waals surface area contributed by atoms with Gasteiger partial charge in [0.05, 0.1) is 12.3 Å². The molecule has 0 amide bonds. The number of amidine groups is 1. The van der Waals surface area contributed by atoms with Gasteiger partial charge >= 0.3 is 5.97 Å². The second kappa shape index (κ2) is 9.13. The second-order valence-corrected chi connectivity index (χ2v) is 10.7. The van der Waals surface area contributed by atoms with Crippen molar-refractivity contribution in [3.63, 3.8) is 0 Å². The number of nitrogens with one attached hydrogen (secondary N) is 1. The van der Waals surface area contributed by atoms with Crippen molar-refractivity contribution in [1.29, 1.82) is 0 Å². The molecule has 174 valence electrons. The molecule has 3 atom stereocenters. The summed E-state index contributed by atoms with van der Waals surface area (Å²) < 4.78 is 38.2. The average Bonchev–Trinajstić information content (AvgIpc) is 2.62. The van der Waals surface area contributed by atoms with E-state index in [1.165, 1.54) is 0 Å². The lowest BCUT2D eigenvalue weighted by Crippen LogP contribution is -2.62. The first kappa shape index (κ1) is 25.1. The Bertz CT molecular complexity index is 955. The number of fused-ring (bicyclic) bond motifs is 1. The lowest BCUT2D eigenvalue weighted by atomic mass is 9.81. The Labute approximate surface area is 184 Å². The van der Waals surface area contributed by atoms with Gasteiger partial charge in [0.2, 0.25) is 10.0 Å². The van der Waals surface area contributed by atoms with E-state index >= 15 is 0 Å². The van der Waals surface area contributed by atoms with Crippen molar-refractivity contribution in [1.82, 2.24) is 4.72 Å². The van der Waals surface area contributed by atoms with Gasteiger partial charge in [-0.05, 0) is 51.8 Å². The Morgan fingerprint density at radius 3 is 2.55 bits per heavy atom. The number of esters is 1. The molecule has 1 aromatic carbocycles. The van der Waals surface area contributed by atoms with Crippen LogP contribution in [0.1, 0.15) is 59.4 Å². The predicted octanol–water partition coefficient (Wildman–Crippen LogP) is 2.06. The van der Waals surface area contributed by atoms with Crippen LogP contribution in [0.15, 0.2) is 23.2 Å². The van der Waals surface area contributed by atoms with E-state index in [1.807, 2.05) is 6.92 Å². The number of carbonyl (C=O) groups is 1. The molecule has 1 heterocycles. The Morgan fingerprint density at radius 2 is 2.00 bits per heavy atom. The number of unbranched alkanes of at least 4 members (excludes halogenated alkanes) is 1. The number of hydrogen-bond acceptors (Lipinski definition) is 8. The molecule has 0 saturated carbocycles. The van der Waals surface area contributed by atoms with Gasteiger partial charge in [-0.25, -0.2) is 22.9 Å². The van der Waals surface area contributed by atoms with E-state index in [-0.39, 0.29) is 6.10 Å². The topological polar surface area (TPSA) is 146 Å². The van der Waals surface area contributed by atoms with Crippen LogP contribution < -0.4 is 20.9 Å². The third-order valence-corrected chi connectivity index (χ3v) is 5.61. The fourth-order valence-corrected chi connectivity index (χ4v) is 4.13. The van der Waals surface area contributed by atoms with Crippen LogP contribution in [0.4, 0.5) is 5.69 Å². The summed E-state index contributed by atoms with van der Waals surface area (Å²) in [7, 11) is -3.67. The zero-order valence-corrected chi connectivity index (χ0v) is 19.9. The van der Waals surface area contributed by atoms with Gasteiger partial charge in [-0.3, -0.25) is 0 Å². The maximum atomic E-state index is 13.4. The van der Waals surface area contributed by atoms with Crippen molar-refractivity contribution >= 4 is 27.5 Å². The van der Waals surface area contributed by atoms with Crippen molar-refractivity contribution in [2.75, 3.05) is 6.26 Å². The summed E-state index contributed by atoms with van der Waals surface area (Å²) in [5, 5.41) is 0. The van der Waals surface area contributed by atoms with Crippen molar-refractivity contribution in [3.8, 4) is 5.75 Å². The molecule has 9 nitrogen and oxygen atoms in total. The minimum Gasteiger partial charge on any atom is -0.481 e. The van der Waals surface area contributed by atoms with Gasteiger partial charge in [0.1, 0.15) is 22.9 Å². The van der Waals surface area contributed by atoms with Gasteiger partial charge in [0.15, 0.2) is 11.6 Å². The number of rotatable bonds is 8. The zero-order chi connectivity index (χ0) is 23.6. The van der Waals surface area contributed by atoms with Gasteiger partial charge in [-0.1, -0.05) is 25.8 Å². The first-order chi connectivity index (χ1) is 14.2. The summed E-state index contributed by atoms with van der Waals surface area (Å²) in [6.45, 7) is 8.93. The molecule has 0 spiro atoms. The molecule has 0 bridgehead atoms. The number of benzene rings is 1. The standard InChI is InChI=1S/C21H34N4O5S/c1-7-8-9-17(25-31(6,27)28)21(23,19(26)30-20(3,4)5)14-10-11-16-15(12-14)24-18(22)13(2)29-16/h10-13,17,25H,7-9,23H2,1-6H3,(H2,22,24). The highest BCUT2D eigenvalue weighted by molar-refractivity contribution is 7.88. The number of ether oxygens (including phenoxy) is 2.